The molecule has 0 aromatic heterocycles. The molecule has 1 aromatic rings. The number of ether oxygens (including phenoxy) is 2. The summed E-state index contributed by atoms with van der Waals surface area (Å²) in [4.78, 5) is 36.2. The molecule has 2 unspecified atom stereocenters. The molecule has 1 aromatic carbocycles. The lowest BCUT2D eigenvalue weighted by Gasteiger charge is -2.37. The predicted molar refractivity (Wildman–Crippen MR) is 109 cm³/mol. The fraction of sp³-hybridized carbons (Fsp3) is 0.591. The number of alkyl halides is 3. The second-order valence-electron chi connectivity index (χ2n) is 7.78. The van der Waals surface area contributed by atoms with Crippen LogP contribution in [-0.4, -0.2) is 49.2 Å². The van der Waals surface area contributed by atoms with Gasteiger partial charge in [0.25, 0.3) is 0 Å². The number of halogens is 3. The second-order valence-corrected chi connectivity index (χ2v) is 7.78. The van der Waals surface area contributed by atoms with Crippen LogP contribution < -0.4 is 5.43 Å². The van der Waals surface area contributed by atoms with Gasteiger partial charge in [-0.2, -0.15) is 13.2 Å². The highest BCUT2D eigenvalue weighted by atomic mass is 19.4. The van der Waals surface area contributed by atoms with Crippen molar-refractivity contribution in [3.8, 4) is 0 Å². The van der Waals surface area contributed by atoms with Crippen LogP contribution in [-0.2, 0) is 36.5 Å². The number of carbonyl (C=O) groups is 3. The highest BCUT2D eigenvalue weighted by Gasteiger charge is 2.32. The lowest BCUT2D eigenvalue weighted by molar-refractivity contribution is -0.170. The highest BCUT2D eigenvalue weighted by molar-refractivity contribution is 5.81. The van der Waals surface area contributed by atoms with Gasteiger partial charge >= 0.3 is 12.1 Å². The molecule has 7 nitrogen and oxygen atoms in total. The SMILES string of the molecule is CCCC(OCC(=O)OC)N1NCC(CCC(=O)Cc2cccc(C(F)(F)F)c2)CC1=O. The van der Waals surface area contributed by atoms with Crippen molar-refractivity contribution in [1.29, 1.82) is 0 Å². The van der Waals surface area contributed by atoms with Gasteiger partial charge in [-0.15, -0.1) is 0 Å². The van der Waals surface area contributed by atoms with Gasteiger partial charge in [-0.25, -0.2) is 15.2 Å². The molecule has 1 aliphatic rings. The molecule has 178 valence electrons. The number of methoxy groups -OCH3 is 1. The van der Waals surface area contributed by atoms with Crippen molar-refractivity contribution in [3.05, 3.63) is 35.4 Å². The second kappa shape index (κ2) is 12.0. The summed E-state index contributed by atoms with van der Waals surface area (Å²) in [7, 11) is 1.25. The van der Waals surface area contributed by atoms with Gasteiger partial charge in [0.2, 0.25) is 5.91 Å². The van der Waals surface area contributed by atoms with E-state index in [0.717, 1.165) is 18.6 Å². The van der Waals surface area contributed by atoms with E-state index >= 15 is 0 Å². The number of esters is 1. The first-order valence-corrected chi connectivity index (χ1v) is 10.6. The number of benzene rings is 1. The Labute approximate surface area is 185 Å². The van der Waals surface area contributed by atoms with Gasteiger partial charge in [0, 0.05) is 25.8 Å². The lowest BCUT2D eigenvalue weighted by atomic mass is 9.94. The Morgan fingerprint density at radius 3 is 2.69 bits per heavy atom. The first-order chi connectivity index (χ1) is 15.1. The van der Waals surface area contributed by atoms with E-state index < -0.39 is 23.9 Å². The van der Waals surface area contributed by atoms with Crippen molar-refractivity contribution >= 4 is 17.7 Å². The number of nitrogens with zero attached hydrogens (tertiary/aromatic N) is 1. The van der Waals surface area contributed by atoms with E-state index in [4.69, 9.17) is 4.74 Å². The summed E-state index contributed by atoms with van der Waals surface area (Å²) in [6, 6.07) is 4.75. The Balaban J connectivity index is 1.83. The largest absolute Gasteiger partial charge is 0.467 e. The van der Waals surface area contributed by atoms with E-state index in [2.05, 4.69) is 10.2 Å². The lowest BCUT2D eigenvalue weighted by Crippen LogP contribution is -2.56. The summed E-state index contributed by atoms with van der Waals surface area (Å²) in [5.74, 6) is -0.987. The van der Waals surface area contributed by atoms with Crippen LogP contribution >= 0.6 is 0 Å². The van der Waals surface area contributed by atoms with Crippen molar-refractivity contribution < 1.29 is 37.0 Å². The minimum atomic E-state index is -4.45. The van der Waals surface area contributed by atoms with Gasteiger partial charge in [0.05, 0.1) is 12.7 Å². The summed E-state index contributed by atoms with van der Waals surface area (Å²) >= 11 is 0. The van der Waals surface area contributed by atoms with E-state index in [1.54, 1.807) is 0 Å². The van der Waals surface area contributed by atoms with Crippen LogP contribution in [0.5, 0.6) is 0 Å². The van der Waals surface area contributed by atoms with Crippen molar-refractivity contribution in [1.82, 2.24) is 10.4 Å². The van der Waals surface area contributed by atoms with Crippen molar-refractivity contribution in [2.24, 2.45) is 5.92 Å². The van der Waals surface area contributed by atoms with Crippen LogP contribution in [0.3, 0.4) is 0 Å². The normalized spacial score (nSPS) is 17.8. The Hall–Kier alpha value is -2.46. The number of Topliss-reactive ketones (excluding diaryl/α,β-unsaturated/α-hetero) is 1. The van der Waals surface area contributed by atoms with Gasteiger partial charge in [-0.3, -0.25) is 9.59 Å². The zero-order valence-corrected chi connectivity index (χ0v) is 18.2. The van der Waals surface area contributed by atoms with E-state index in [1.165, 1.54) is 24.3 Å². The first kappa shape index (κ1) is 25.8. The molecule has 0 saturated carbocycles. The monoisotopic (exact) mass is 458 g/mol. The number of hydrazine groups is 1. The Morgan fingerprint density at radius 2 is 2.06 bits per heavy atom. The summed E-state index contributed by atoms with van der Waals surface area (Å²) in [5.41, 5.74) is 2.56. The number of amides is 1. The van der Waals surface area contributed by atoms with Gasteiger partial charge < -0.3 is 9.47 Å². The molecule has 1 heterocycles. The van der Waals surface area contributed by atoms with Gasteiger partial charge in [0.15, 0.2) is 0 Å². The third-order valence-electron chi connectivity index (χ3n) is 5.21. The van der Waals surface area contributed by atoms with Gasteiger partial charge in [-0.1, -0.05) is 31.5 Å². The summed E-state index contributed by atoms with van der Waals surface area (Å²) in [5, 5.41) is 1.38. The van der Waals surface area contributed by atoms with E-state index in [1.807, 2.05) is 6.92 Å². The molecule has 1 amide bonds. The van der Waals surface area contributed by atoms with Crippen LogP contribution in [0.15, 0.2) is 24.3 Å². The molecule has 1 saturated heterocycles. The average molecular weight is 458 g/mol. The molecule has 1 N–H and O–H groups in total. The molecule has 1 aliphatic heterocycles. The van der Waals surface area contributed by atoms with Crippen molar-refractivity contribution in [2.75, 3.05) is 20.3 Å². The topological polar surface area (TPSA) is 84.9 Å². The summed E-state index contributed by atoms with van der Waals surface area (Å²) < 4.78 is 48.5. The molecular formula is C22H29F3N2O5. The quantitative estimate of drug-likeness (QED) is 0.513. The maximum Gasteiger partial charge on any atom is 0.416 e. The third-order valence-corrected chi connectivity index (χ3v) is 5.21. The van der Waals surface area contributed by atoms with Crippen molar-refractivity contribution in [3.63, 3.8) is 0 Å². The number of rotatable bonds is 11. The third kappa shape index (κ3) is 7.90. The molecule has 2 atom stereocenters. The van der Waals surface area contributed by atoms with Crippen LogP contribution in [0.1, 0.15) is 50.2 Å². The molecule has 32 heavy (non-hydrogen) atoms. The minimum Gasteiger partial charge on any atom is -0.467 e. The minimum absolute atomic E-state index is 0.0768. The zero-order chi connectivity index (χ0) is 23.7. The first-order valence-electron chi connectivity index (χ1n) is 10.6. The molecule has 0 spiro atoms. The van der Waals surface area contributed by atoms with E-state index in [-0.39, 0.29) is 43.5 Å². The molecule has 0 aliphatic carbocycles. The molecule has 10 heteroatoms. The average Bonchev–Trinajstić information content (AvgIpc) is 2.75. The maximum absolute atomic E-state index is 12.8. The van der Waals surface area contributed by atoms with Gasteiger partial charge in [-0.05, 0) is 30.4 Å². The predicted octanol–water partition coefficient (Wildman–Crippen LogP) is 3.27. The molecule has 2 rings (SSSR count). The molecule has 1 fully saturated rings. The van der Waals surface area contributed by atoms with E-state index in [9.17, 15) is 27.6 Å². The Morgan fingerprint density at radius 1 is 1.31 bits per heavy atom. The standard InChI is InChI=1S/C22H29F3N2O5/c1-3-5-20(32-14-21(30)31-2)27-19(29)12-16(13-26-27)8-9-18(28)11-15-6-4-7-17(10-15)22(23,24)25/h4,6-7,10,16,20,26H,3,5,8-9,11-14H2,1-2H3. The number of carbonyl (C=O) groups excluding carboxylic acids is 3. The Bertz CT molecular complexity index is 800. The molecule has 0 bridgehead atoms. The Kier molecular flexibility index (Phi) is 9.64. The number of hydrogen-bond donors (Lipinski definition) is 1. The van der Waals surface area contributed by atoms with Gasteiger partial charge in [0.1, 0.15) is 18.6 Å². The molecular weight excluding hydrogens is 429 g/mol. The van der Waals surface area contributed by atoms with Crippen LogP contribution in [0.4, 0.5) is 13.2 Å². The fourth-order valence-electron chi connectivity index (χ4n) is 3.50. The smallest absolute Gasteiger partial charge is 0.416 e. The number of ketones is 1. The number of hydrogen-bond acceptors (Lipinski definition) is 6. The number of nitrogens with one attached hydrogen (secondary N) is 1. The maximum atomic E-state index is 12.8. The van der Waals surface area contributed by atoms with Crippen LogP contribution in [0.2, 0.25) is 0 Å². The van der Waals surface area contributed by atoms with Crippen LogP contribution in [0.25, 0.3) is 0 Å². The van der Waals surface area contributed by atoms with E-state index in [0.29, 0.717) is 24.9 Å². The molecule has 0 radical (unpaired) electrons. The summed E-state index contributed by atoms with van der Waals surface area (Å²) in [6.07, 6.45) is -3.01. The summed E-state index contributed by atoms with van der Waals surface area (Å²) in [6.45, 7) is 2.12. The zero-order valence-electron chi connectivity index (χ0n) is 18.2. The fourth-order valence-corrected chi connectivity index (χ4v) is 3.50. The van der Waals surface area contributed by atoms with Crippen LogP contribution in [0, 0.1) is 5.92 Å². The van der Waals surface area contributed by atoms with Crippen molar-refractivity contribution in [2.45, 2.75) is 57.9 Å². The highest BCUT2D eigenvalue weighted by Crippen LogP contribution is 2.29.